The number of esters is 2. The molecule has 5 aromatic rings. The minimum absolute atomic E-state index is 0.0352. The maximum Gasteiger partial charge on any atom is 0.416 e. The summed E-state index contributed by atoms with van der Waals surface area (Å²) in [6.45, 7) is 15.3. The molecule has 0 N–H and O–H groups in total. The van der Waals surface area contributed by atoms with E-state index in [1.165, 1.54) is 43.0 Å². The lowest BCUT2D eigenvalue weighted by molar-refractivity contribution is -0.140. The third-order valence-corrected chi connectivity index (χ3v) is 16.1. The summed E-state index contributed by atoms with van der Waals surface area (Å²) in [5, 5.41) is 18.7. The van der Waals surface area contributed by atoms with Gasteiger partial charge in [0.2, 0.25) is 12.8 Å². The smallest absolute Gasteiger partial charge is 0.416 e. The number of allylic oxidation sites excluding steroid dienone is 2. The Kier molecular flexibility index (Phi) is 24.4. The molecule has 8 rings (SSSR count). The van der Waals surface area contributed by atoms with Gasteiger partial charge in [0.05, 0.1) is 82.1 Å². The Morgan fingerprint density at radius 1 is 0.728 bits per heavy atom. The minimum Gasteiger partial charge on any atom is -0.463 e. The number of anilines is 2. The molecule has 5 amide bonds. The molecule has 2 fully saturated rings. The standard InChI is InChI=1S/C36H37F3N6O4.C31H36F3N5O4/c1-4-49-34(47)31-25(3)45(30-8-5-7-29(20-30)36(37,38)39)35(48)44(32(31)27-11-9-26(21-40)10-12-27)14-6-13-42-15-17-43(18-16-42)33(46)28-19-24(2)22-41-23-28;1-4-43-30(42)28(23(2)39(22-41)27-8-5-7-26(19-27)31(32,33)34)29(25-11-9-24(20-35)10-12-25)36(3)13-6-14-37-15-17-38(21-40)18-16-37/h5,7-12,19-20,22-23,32H,4,6,13-18H2,1-3H3;5,7-12,19,21-22,29H,4,6,13-18H2,1-3H3/b;28-23+. The number of aryl methyl sites for hydroxylation is 1. The fourth-order valence-electron chi connectivity index (χ4n) is 11.4. The highest BCUT2D eigenvalue weighted by Crippen LogP contribution is 2.42. The van der Waals surface area contributed by atoms with Gasteiger partial charge in [-0.2, -0.15) is 36.9 Å². The molecular weight excluding hydrogens is 1200 g/mol. The number of likely N-dealkylation sites (N-methyl/N-ethyl adjacent to an activating group) is 1. The number of aromatic nitrogens is 1. The zero-order valence-corrected chi connectivity index (χ0v) is 52.0. The van der Waals surface area contributed by atoms with Gasteiger partial charge in [0.1, 0.15) is 0 Å². The molecule has 25 heteroatoms. The molecule has 3 aliphatic rings. The molecule has 1 aromatic heterocycles. The van der Waals surface area contributed by atoms with E-state index in [-0.39, 0.29) is 59.6 Å². The van der Waals surface area contributed by atoms with Gasteiger partial charge in [-0.15, -0.1) is 0 Å². The molecule has 19 nitrogen and oxygen atoms in total. The number of nitrogens with zero attached hydrogens (tertiary/aromatic N) is 11. The number of urea groups is 1. The number of hydrogen-bond donors (Lipinski definition) is 0. The summed E-state index contributed by atoms with van der Waals surface area (Å²) in [7, 11) is 1.81. The molecule has 92 heavy (non-hydrogen) atoms. The topological polar surface area (TPSA) is 207 Å². The minimum atomic E-state index is -4.65. The van der Waals surface area contributed by atoms with Gasteiger partial charge in [0.15, 0.2) is 0 Å². The number of piperazine rings is 2. The van der Waals surface area contributed by atoms with Crippen molar-refractivity contribution in [1.29, 1.82) is 10.5 Å². The van der Waals surface area contributed by atoms with Crippen LogP contribution in [0.4, 0.5) is 42.5 Å². The number of rotatable bonds is 22. The van der Waals surface area contributed by atoms with E-state index in [0.717, 1.165) is 65.7 Å². The first-order valence-electron chi connectivity index (χ1n) is 30.0. The first-order chi connectivity index (χ1) is 44.0. The SMILES string of the molecule is CCOC(=O)/C(=C(\C)N(C=O)c1cccc(C(F)(F)F)c1)C(c1ccc(C#N)cc1)N(C)CCCN1CCN(C=O)CC1.CCOC(=O)C1=C(C)N(c2cccc(C(F)(F)F)c2)C(=O)N(CCCN2CCN(C(=O)c3cncc(C)c3)CC2)C1c1ccc(C#N)cc1. The second-order valence-corrected chi connectivity index (χ2v) is 22.2. The van der Waals surface area contributed by atoms with Crippen molar-refractivity contribution in [3.05, 3.63) is 183 Å². The van der Waals surface area contributed by atoms with Crippen molar-refractivity contribution in [2.45, 2.75) is 71.9 Å². The molecule has 4 aromatic carbocycles. The third kappa shape index (κ3) is 17.5. The summed E-state index contributed by atoms with van der Waals surface area (Å²) in [4.78, 5) is 95.5. The normalized spacial score (nSPS) is 16.4. The molecule has 2 unspecified atom stereocenters. The van der Waals surface area contributed by atoms with Crippen LogP contribution in [0.2, 0.25) is 0 Å². The van der Waals surface area contributed by atoms with Gasteiger partial charge in [-0.05, 0) is 158 Å². The lowest BCUT2D eigenvalue weighted by Gasteiger charge is -2.43. The Balaban J connectivity index is 0.000000263. The van der Waals surface area contributed by atoms with Crippen molar-refractivity contribution in [3.63, 3.8) is 0 Å². The number of ether oxygens (including phenoxy) is 2. The van der Waals surface area contributed by atoms with Crippen LogP contribution in [-0.4, -0.2) is 170 Å². The molecule has 0 bridgehead atoms. The Morgan fingerprint density at radius 2 is 1.30 bits per heavy atom. The average Bonchev–Trinajstić information content (AvgIpc) is 0.751. The molecule has 4 heterocycles. The maximum absolute atomic E-state index is 14.4. The fraction of sp³-hybridized carbons (Fsp3) is 0.388. The fourth-order valence-corrected chi connectivity index (χ4v) is 11.4. The number of carbonyl (C=O) groups excluding carboxylic acids is 6. The van der Waals surface area contributed by atoms with E-state index in [0.29, 0.717) is 99.4 Å². The summed E-state index contributed by atoms with van der Waals surface area (Å²) < 4.78 is 92.5. The summed E-state index contributed by atoms with van der Waals surface area (Å²) in [5.41, 5.74) is 1.93. The molecule has 0 spiro atoms. The van der Waals surface area contributed by atoms with Gasteiger partial charge in [0.25, 0.3) is 5.91 Å². The van der Waals surface area contributed by atoms with Gasteiger partial charge in [-0.1, -0.05) is 36.4 Å². The summed E-state index contributed by atoms with van der Waals surface area (Å²) in [6.07, 6.45) is -3.61. The highest BCUT2D eigenvalue weighted by Gasteiger charge is 2.44. The molecule has 0 saturated carbocycles. The van der Waals surface area contributed by atoms with Crippen molar-refractivity contribution in [3.8, 4) is 12.1 Å². The van der Waals surface area contributed by atoms with E-state index >= 15 is 0 Å². The molecular formula is C67H73F6N11O8. The largest absolute Gasteiger partial charge is 0.463 e. The van der Waals surface area contributed by atoms with Gasteiger partial charge in [-0.3, -0.25) is 43.9 Å². The molecule has 2 atom stereocenters. The summed E-state index contributed by atoms with van der Waals surface area (Å²) in [6, 6.07) is 25.6. The van der Waals surface area contributed by atoms with Gasteiger partial charge in [0, 0.05) is 88.4 Å². The predicted molar refractivity (Wildman–Crippen MR) is 330 cm³/mol. The molecule has 486 valence electrons. The van der Waals surface area contributed by atoms with Crippen molar-refractivity contribution in [2.75, 3.05) is 109 Å². The molecule has 2 saturated heterocycles. The van der Waals surface area contributed by atoms with Crippen LogP contribution in [0.3, 0.4) is 0 Å². The first kappa shape index (κ1) is 70.0. The summed E-state index contributed by atoms with van der Waals surface area (Å²) in [5.74, 6) is -1.50. The van der Waals surface area contributed by atoms with E-state index < -0.39 is 53.5 Å². The number of nitriles is 2. The zero-order chi connectivity index (χ0) is 66.9. The van der Waals surface area contributed by atoms with E-state index in [1.807, 2.05) is 24.9 Å². The van der Waals surface area contributed by atoms with Crippen LogP contribution < -0.4 is 9.80 Å². The number of hydrogen-bond acceptors (Lipinski definition) is 14. The van der Waals surface area contributed by atoms with Gasteiger partial charge < -0.3 is 24.2 Å². The van der Waals surface area contributed by atoms with Crippen molar-refractivity contribution >= 4 is 48.1 Å². The number of halogens is 6. The Hall–Kier alpha value is -9.43. The molecule has 0 aliphatic carbocycles. The molecule has 3 aliphatic heterocycles. The Bertz CT molecular complexity index is 3570. The van der Waals surface area contributed by atoms with E-state index in [1.54, 1.807) is 84.6 Å². The van der Waals surface area contributed by atoms with Crippen LogP contribution in [0.15, 0.2) is 138 Å². The van der Waals surface area contributed by atoms with Crippen LogP contribution in [0.25, 0.3) is 0 Å². The maximum atomic E-state index is 14.4. The van der Waals surface area contributed by atoms with Crippen molar-refractivity contribution in [2.24, 2.45) is 0 Å². The lowest BCUT2D eigenvalue weighted by Crippen LogP contribution is -2.52. The number of pyridine rings is 1. The van der Waals surface area contributed by atoms with Crippen molar-refractivity contribution < 1.29 is 64.6 Å². The average molecular weight is 1270 g/mol. The van der Waals surface area contributed by atoms with Crippen LogP contribution in [0, 0.1) is 29.6 Å². The molecule has 0 radical (unpaired) electrons. The number of amides is 5. The second-order valence-electron chi connectivity index (χ2n) is 22.2. The third-order valence-electron chi connectivity index (χ3n) is 16.1. The number of benzene rings is 4. The van der Waals surface area contributed by atoms with E-state index in [9.17, 15) is 65.6 Å². The van der Waals surface area contributed by atoms with E-state index in [4.69, 9.17) is 9.47 Å². The quantitative estimate of drug-likeness (QED) is 0.0274. The zero-order valence-electron chi connectivity index (χ0n) is 52.0. The monoisotopic (exact) mass is 1270 g/mol. The van der Waals surface area contributed by atoms with Crippen LogP contribution in [0.5, 0.6) is 0 Å². The van der Waals surface area contributed by atoms with Crippen molar-refractivity contribution in [1.82, 2.24) is 34.4 Å². The predicted octanol–water partition coefficient (Wildman–Crippen LogP) is 10.2. The number of alkyl halides is 6. The van der Waals surface area contributed by atoms with Crippen LogP contribution in [-0.2, 0) is 41.0 Å². The highest BCUT2D eigenvalue weighted by atomic mass is 19.4. The van der Waals surface area contributed by atoms with Crippen LogP contribution in [0.1, 0.15) is 102 Å². The Morgan fingerprint density at radius 3 is 1.87 bits per heavy atom. The first-order valence-corrected chi connectivity index (χ1v) is 30.0. The second kappa shape index (κ2) is 32.0. The summed E-state index contributed by atoms with van der Waals surface area (Å²) >= 11 is 0. The van der Waals surface area contributed by atoms with Crippen LogP contribution >= 0.6 is 0 Å². The lowest BCUT2D eigenvalue weighted by atomic mass is 9.92. The van der Waals surface area contributed by atoms with E-state index in [2.05, 4.69) is 26.9 Å². The number of carbonyl (C=O) groups is 6. The van der Waals surface area contributed by atoms with Gasteiger partial charge in [-0.25, -0.2) is 14.4 Å². The Labute approximate surface area is 530 Å². The van der Waals surface area contributed by atoms with Gasteiger partial charge >= 0.3 is 30.3 Å². The highest BCUT2D eigenvalue weighted by molar-refractivity contribution is 6.03.